The quantitative estimate of drug-likeness (QED) is 0.420. The van der Waals surface area contributed by atoms with Crippen LogP contribution in [0.25, 0.3) is 5.69 Å². The lowest BCUT2D eigenvalue weighted by Gasteiger charge is -2.26. The largest absolute Gasteiger partial charge is 0.379 e. The molecule has 2 N–H and O–H groups in total. The molecule has 1 fully saturated rings. The lowest BCUT2D eigenvalue weighted by Crippen LogP contribution is -2.42. The number of rotatable bonds is 6. The highest BCUT2D eigenvalue weighted by atomic mass is 32.1. The van der Waals surface area contributed by atoms with Crippen molar-refractivity contribution >= 4 is 23.0 Å². The van der Waals surface area contributed by atoms with E-state index in [0.717, 1.165) is 56.4 Å². The molecule has 1 aromatic heterocycles. The van der Waals surface area contributed by atoms with Gasteiger partial charge in [-0.3, -0.25) is 10.3 Å². The van der Waals surface area contributed by atoms with Gasteiger partial charge in [0.15, 0.2) is 5.11 Å². The number of aromatic nitrogens is 4. The predicted octanol–water partition coefficient (Wildman–Crippen LogP) is 0.183. The van der Waals surface area contributed by atoms with Gasteiger partial charge in [-0.2, -0.15) is 5.10 Å². The number of hydrogen-bond acceptors (Lipinski definition) is 7. The molecule has 0 unspecified atom stereocenters. The Labute approximate surface area is 157 Å². The number of nitrogens with one attached hydrogen (secondary N) is 2. The number of nitrogens with zero attached hydrogens (tertiary/aromatic N) is 6. The van der Waals surface area contributed by atoms with Crippen molar-refractivity contribution in [3.05, 3.63) is 36.2 Å². The first-order valence-electron chi connectivity index (χ1n) is 8.44. The van der Waals surface area contributed by atoms with Crippen LogP contribution in [0.3, 0.4) is 0 Å². The number of tetrazole rings is 1. The topological polar surface area (TPSA) is 92.5 Å². The van der Waals surface area contributed by atoms with Crippen LogP contribution in [0.1, 0.15) is 12.5 Å². The van der Waals surface area contributed by atoms with Crippen LogP contribution in [0.2, 0.25) is 0 Å². The zero-order valence-corrected chi connectivity index (χ0v) is 15.4. The molecule has 1 saturated heterocycles. The number of morpholine rings is 1. The lowest BCUT2D eigenvalue weighted by atomic mass is 10.1. The molecule has 0 bridgehead atoms. The van der Waals surface area contributed by atoms with E-state index in [-0.39, 0.29) is 0 Å². The normalized spacial score (nSPS) is 15.7. The van der Waals surface area contributed by atoms with Crippen molar-refractivity contribution in [3.8, 4) is 5.69 Å². The summed E-state index contributed by atoms with van der Waals surface area (Å²) in [4.78, 5) is 2.35. The van der Waals surface area contributed by atoms with Gasteiger partial charge in [0.1, 0.15) is 6.33 Å². The third kappa shape index (κ3) is 5.28. The molecular weight excluding hydrogens is 352 g/mol. The van der Waals surface area contributed by atoms with Crippen LogP contribution >= 0.6 is 12.2 Å². The van der Waals surface area contributed by atoms with Gasteiger partial charge in [-0.15, -0.1) is 5.10 Å². The van der Waals surface area contributed by atoms with E-state index >= 15 is 0 Å². The van der Waals surface area contributed by atoms with Gasteiger partial charge in [-0.25, -0.2) is 4.68 Å². The molecule has 26 heavy (non-hydrogen) atoms. The van der Waals surface area contributed by atoms with Crippen molar-refractivity contribution in [1.82, 2.24) is 35.8 Å². The van der Waals surface area contributed by atoms with Crippen LogP contribution < -0.4 is 10.7 Å². The summed E-state index contributed by atoms with van der Waals surface area (Å²) in [7, 11) is 0. The van der Waals surface area contributed by atoms with Crippen LogP contribution in [0.4, 0.5) is 0 Å². The van der Waals surface area contributed by atoms with E-state index in [1.165, 1.54) is 0 Å². The smallest absolute Gasteiger partial charge is 0.187 e. The molecule has 3 rings (SSSR count). The highest BCUT2D eigenvalue weighted by Gasteiger charge is 2.09. The standard InChI is InChI=1S/C16H22N8OS/c1-13(14-3-2-4-15(11-14)24-12-18-21-22-24)19-20-16(26)17-5-6-23-7-9-25-10-8-23/h2-4,11-12H,5-10H2,1H3,(H2,17,20,26)/b19-13+. The fourth-order valence-corrected chi connectivity index (χ4v) is 2.69. The van der Waals surface area contributed by atoms with Crippen molar-refractivity contribution in [2.24, 2.45) is 5.10 Å². The number of ether oxygens (including phenoxy) is 1. The third-order valence-electron chi connectivity index (χ3n) is 4.02. The predicted molar refractivity (Wildman–Crippen MR) is 102 cm³/mol. The molecule has 2 heterocycles. The van der Waals surface area contributed by atoms with Crippen molar-refractivity contribution in [3.63, 3.8) is 0 Å². The van der Waals surface area contributed by atoms with Crippen LogP contribution in [0.15, 0.2) is 35.7 Å². The van der Waals surface area contributed by atoms with Crippen molar-refractivity contribution in [2.45, 2.75) is 6.92 Å². The summed E-state index contributed by atoms with van der Waals surface area (Å²) in [5.74, 6) is 0. The van der Waals surface area contributed by atoms with Crippen LogP contribution in [0, 0.1) is 0 Å². The fraction of sp³-hybridized carbons (Fsp3) is 0.438. The van der Waals surface area contributed by atoms with Gasteiger partial charge in [0.25, 0.3) is 0 Å². The Hall–Kier alpha value is -2.43. The van der Waals surface area contributed by atoms with E-state index in [1.807, 2.05) is 31.2 Å². The maximum absolute atomic E-state index is 5.34. The summed E-state index contributed by atoms with van der Waals surface area (Å²) in [5.41, 5.74) is 5.54. The zero-order valence-electron chi connectivity index (χ0n) is 14.6. The van der Waals surface area contributed by atoms with Gasteiger partial charge in [-0.05, 0) is 47.3 Å². The Morgan fingerprint density at radius 3 is 2.96 bits per heavy atom. The molecule has 10 heteroatoms. The van der Waals surface area contributed by atoms with Crippen molar-refractivity contribution in [2.75, 3.05) is 39.4 Å². The summed E-state index contributed by atoms with van der Waals surface area (Å²) in [6.45, 7) is 7.17. The minimum atomic E-state index is 0.509. The molecule has 0 amide bonds. The Bertz CT molecular complexity index is 742. The number of thiocarbonyl (C=S) groups is 1. The Kier molecular flexibility index (Phi) is 6.58. The first-order valence-corrected chi connectivity index (χ1v) is 8.85. The molecule has 0 aliphatic carbocycles. The number of hydrogen-bond donors (Lipinski definition) is 2. The molecular formula is C16H22N8OS. The van der Waals surface area contributed by atoms with Crippen LogP contribution in [-0.4, -0.2) is 75.3 Å². The molecule has 0 saturated carbocycles. The maximum atomic E-state index is 5.34. The second-order valence-corrected chi connectivity index (χ2v) is 6.23. The molecule has 138 valence electrons. The van der Waals surface area contributed by atoms with Crippen LogP contribution in [-0.2, 0) is 4.74 Å². The van der Waals surface area contributed by atoms with E-state index in [9.17, 15) is 0 Å². The van der Waals surface area contributed by atoms with Gasteiger partial charge in [0.05, 0.1) is 24.6 Å². The fourth-order valence-electron chi connectivity index (χ4n) is 2.54. The molecule has 1 aromatic carbocycles. The number of hydrazone groups is 1. The summed E-state index contributed by atoms with van der Waals surface area (Å²) < 4.78 is 6.93. The van der Waals surface area contributed by atoms with E-state index < -0.39 is 0 Å². The monoisotopic (exact) mass is 374 g/mol. The summed E-state index contributed by atoms with van der Waals surface area (Å²) in [5, 5.41) is 19.2. The van der Waals surface area contributed by atoms with E-state index in [1.54, 1.807) is 11.0 Å². The SMILES string of the molecule is C/C(=N\NC(=S)NCCN1CCOCC1)c1cccc(-n2cnnn2)c1. The first-order chi connectivity index (χ1) is 12.7. The third-order valence-corrected chi connectivity index (χ3v) is 4.26. The molecule has 0 atom stereocenters. The van der Waals surface area contributed by atoms with Crippen molar-refractivity contribution < 1.29 is 4.74 Å². The van der Waals surface area contributed by atoms with E-state index in [2.05, 4.69) is 36.3 Å². The summed E-state index contributed by atoms with van der Waals surface area (Å²) >= 11 is 5.28. The molecule has 1 aliphatic rings. The molecule has 9 nitrogen and oxygen atoms in total. The first kappa shape index (κ1) is 18.4. The Morgan fingerprint density at radius 2 is 2.19 bits per heavy atom. The maximum Gasteiger partial charge on any atom is 0.187 e. The number of benzene rings is 1. The second kappa shape index (κ2) is 9.32. The molecule has 0 radical (unpaired) electrons. The zero-order chi connectivity index (χ0) is 18.2. The van der Waals surface area contributed by atoms with E-state index in [4.69, 9.17) is 17.0 Å². The van der Waals surface area contributed by atoms with Gasteiger partial charge in [0, 0.05) is 26.2 Å². The minimum absolute atomic E-state index is 0.509. The molecule has 2 aromatic rings. The van der Waals surface area contributed by atoms with Gasteiger partial charge in [-0.1, -0.05) is 12.1 Å². The summed E-state index contributed by atoms with van der Waals surface area (Å²) in [6.07, 6.45) is 1.55. The molecule has 0 spiro atoms. The van der Waals surface area contributed by atoms with Gasteiger partial charge < -0.3 is 10.1 Å². The lowest BCUT2D eigenvalue weighted by molar-refractivity contribution is 0.0389. The van der Waals surface area contributed by atoms with Gasteiger partial charge >= 0.3 is 0 Å². The van der Waals surface area contributed by atoms with Crippen molar-refractivity contribution in [1.29, 1.82) is 0 Å². The van der Waals surface area contributed by atoms with Gasteiger partial charge in [0.2, 0.25) is 0 Å². The van der Waals surface area contributed by atoms with E-state index in [0.29, 0.717) is 5.11 Å². The Balaban J connectivity index is 1.48. The summed E-state index contributed by atoms with van der Waals surface area (Å²) in [6, 6.07) is 7.80. The highest BCUT2D eigenvalue weighted by molar-refractivity contribution is 7.80. The minimum Gasteiger partial charge on any atom is -0.379 e. The van der Waals surface area contributed by atoms with Crippen LogP contribution in [0.5, 0.6) is 0 Å². The highest BCUT2D eigenvalue weighted by Crippen LogP contribution is 2.09. The second-order valence-electron chi connectivity index (χ2n) is 5.82. The molecule has 1 aliphatic heterocycles. The average Bonchev–Trinajstić information content (AvgIpc) is 3.22. The average molecular weight is 374 g/mol. The Morgan fingerprint density at radius 1 is 1.35 bits per heavy atom.